The maximum atomic E-state index is 14.7. The lowest BCUT2D eigenvalue weighted by molar-refractivity contribution is -0.141. The Kier molecular flexibility index (Phi) is 6.91. The van der Waals surface area contributed by atoms with Gasteiger partial charge in [-0.1, -0.05) is 0 Å². The summed E-state index contributed by atoms with van der Waals surface area (Å²) in [4.78, 5) is 24.4. The van der Waals surface area contributed by atoms with Gasteiger partial charge in [-0.2, -0.15) is 18.3 Å². The zero-order valence-corrected chi connectivity index (χ0v) is 20.9. The first-order valence-electron chi connectivity index (χ1n) is 11.9. The van der Waals surface area contributed by atoms with Crippen molar-refractivity contribution in [3.05, 3.63) is 66.1 Å². The Hall–Kier alpha value is -4.52. The van der Waals surface area contributed by atoms with Gasteiger partial charge in [0.05, 0.1) is 34.4 Å². The Morgan fingerprint density at radius 1 is 1.18 bits per heavy atom. The average Bonchev–Trinajstić information content (AvgIpc) is 3.54. The van der Waals surface area contributed by atoms with Crippen molar-refractivity contribution in [2.75, 3.05) is 32.1 Å². The second-order valence-electron chi connectivity index (χ2n) is 8.63. The maximum Gasteiger partial charge on any atom is 0.435 e. The molecule has 5 rings (SSSR count). The van der Waals surface area contributed by atoms with Gasteiger partial charge in [0.1, 0.15) is 11.5 Å². The number of hydrogen-bond donors (Lipinski definition) is 3. The third-order valence-corrected chi connectivity index (χ3v) is 6.05. The SMILES string of the molecule is CCNc1cc(F)cc2c1[nH]c1ncc(-c3cncc(C(=O)NCCOC)c3)c(-n3ccc(C(F)(F)F)n3)c12. The molecule has 5 aromatic rings. The van der Waals surface area contributed by atoms with Crippen LogP contribution in [0.15, 0.2) is 49.1 Å². The number of carbonyl (C=O) groups is 1. The molecular formula is C26H23F4N7O2. The van der Waals surface area contributed by atoms with Crippen LogP contribution in [0.3, 0.4) is 0 Å². The van der Waals surface area contributed by atoms with Gasteiger partial charge in [0.2, 0.25) is 0 Å². The van der Waals surface area contributed by atoms with E-state index in [-0.39, 0.29) is 17.8 Å². The molecule has 1 amide bonds. The number of anilines is 1. The Morgan fingerprint density at radius 3 is 2.72 bits per heavy atom. The van der Waals surface area contributed by atoms with Crippen LogP contribution in [-0.2, 0) is 10.9 Å². The number of amides is 1. The fourth-order valence-electron chi connectivity index (χ4n) is 4.37. The average molecular weight is 542 g/mol. The molecular weight excluding hydrogens is 518 g/mol. The molecule has 0 atom stereocenters. The smallest absolute Gasteiger partial charge is 0.384 e. The number of rotatable bonds is 8. The molecule has 3 N–H and O–H groups in total. The van der Waals surface area contributed by atoms with Crippen molar-refractivity contribution in [1.82, 2.24) is 30.0 Å². The van der Waals surface area contributed by atoms with Crippen molar-refractivity contribution >= 4 is 33.5 Å². The normalized spacial score (nSPS) is 11.8. The topological polar surface area (TPSA) is 110 Å². The highest BCUT2D eigenvalue weighted by Gasteiger charge is 2.34. The van der Waals surface area contributed by atoms with Crippen LogP contribution >= 0.6 is 0 Å². The molecule has 0 aliphatic rings. The van der Waals surface area contributed by atoms with Gasteiger partial charge in [0.25, 0.3) is 5.91 Å². The van der Waals surface area contributed by atoms with Crippen molar-refractivity contribution in [1.29, 1.82) is 0 Å². The molecule has 0 spiro atoms. The van der Waals surface area contributed by atoms with E-state index in [1.165, 1.54) is 44.0 Å². The molecule has 0 aliphatic carbocycles. The minimum absolute atomic E-state index is 0.216. The van der Waals surface area contributed by atoms with E-state index in [0.717, 1.165) is 10.7 Å². The van der Waals surface area contributed by atoms with Gasteiger partial charge in [-0.05, 0) is 31.2 Å². The second kappa shape index (κ2) is 10.3. The minimum atomic E-state index is -4.68. The van der Waals surface area contributed by atoms with Crippen LogP contribution < -0.4 is 10.6 Å². The fraction of sp³-hybridized carbons (Fsp3) is 0.231. The first-order valence-corrected chi connectivity index (χ1v) is 11.9. The number of aromatic nitrogens is 5. The maximum absolute atomic E-state index is 14.7. The second-order valence-corrected chi connectivity index (χ2v) is 8.63. The molecule has 39 heavy (non-hydrogen) atoms. The highest BCUT2D eigenvalue weighted by atomic mass is 19.4. The zero-order chi connectivity index (χ0) is 27.7. The Balaban J connectivity index is 1.77. The molecule has 1 aromatic carbocycles. The Bertz CT molecular complexity index is 1680. The number of hydrogen-bond acceptors (Lipinski definition) is 6. The van der Waals surface area contributed by atoms with Gasteiger partial charge in [0.15, 0.2) is 5.69 Å². The fourth-order valence-corrected chi connectivity index (χ4v) is 4.37. The van der Waals surface area contributed by atoms with Crippen molar-refractivity contribution in [3.63, 3.8) is 0 Å². The van der Waals surface area contributed by atoms with Crippen molar-refractivity contribution in [3.8, 4) is 16.8 Å². The lowest BCUT2D eigenvalue weighted by atomic mass is 10.0. The molecule has 0 aliphatic heterocycles. The van der Waals surface area contributed by atoms with Crippen LogP contribution in [0.1, 0.15) is 23.0 Å². The summed E-state index contributed by atoms with van der Waals surface area (Å²) in [6.45, 7) is 2.96. The summed E-state index contributed by atoms with van der Waals surface area (Å²) in [7, 11) is 1.51. The molecule has 0 unspecified atom stereocenters. The van der Waals surface area contributed by atoms with Gasteiger partial charge >= 0.3 is 6.18 Å². The molecule has 0 saturated heterocycles. The van der Waals surface area contributed by atoms with Crippen LogP contribution in [0.2, 0.25) is 0 Å². The highest BCUT2D eigenvalue weighted by Crippen LogP contribution is 2.39. The van der Waals surface area contributed by atoms with E-state index in [0.29, 0.717) is 51.9 Å². The molecule has 9 nitrogen and oxygen atoms in total. The molecule has 0 fully saturated rings. The van der Waals surface area contributed by atoms with Crippen LogP contribution in [0.4, 0.5) is 23.2 Å². The van der Waals surface area contributed by atoms with Crippen LogP contribution in [-0.4, -0.2) is 57.4 Å². The lowest BCUT2D eigenvalue weighted by Gasteiger charge is -2.13. The summed E-state index contributed by atoms with van der Waals surface area (Å²) < 4.78 is 61.2. The van der Waals surface area contributed by atoms with Crippen molar-refractivity contribution in [2.45, 2.75) is 13.1 Å². The van der Waals surface area contributed by atoms with E-state index in [1.807, 2.05) is 6.92 Å². The van der Waals surface area contributed by atoms with E-state index in [4.69, 9.17) is 4.74 Å². The summed E-state index contributed by atoms with van der Waals surface area (Å²) in [6, 6.07) is 5.02. The summed E-state index contributed by atoms with van der Waals surface area (Å²) >= 11 is 0. The third-order valence-electron chi connectivity index (χ3n) is 6.05. The quantitative estimate of drug-likeness (QED) is 0.190. The number of alkyl halides is 3. The molecule has 0 saturated carbocycles. The van der Waals surface area contributed by atoms with Crippen LogP contribution in [0, 0.1) is 5.82 Å². The van der Waals surface area contributed by atoms with Crippen molar-refractivity contribution < 1.29 is 27.1 Å². The third kappa shape index (κ3) is 5.00. The molecule has 202 valence electrons. The standard InChI is InChI=1S/C26H23F4N7O2/c1-3-32-19-10-16(27)9-17-21-23(37-6-4-20(36-37)26(28,29)30)18(13-34-24(21)35-22(17)19)14-8-15(12-31-11-14)25(38)33-5-7-39-2/h4,6,8-13,32H,3,5,7H2,1-2H3,(H,33,38)(H,34,35). The van der Waals surface area contributed by atoms with Gasteiger partial charge in [0, 0.05) is 61.5 Å². The number of pyridine rings is 2. The van der Waals surface area contributed by atoms with Gasteiger partial charge in [-0.25, -0.2) is 14.1 Å². The number of carbonyl (C=O) groups excluding carboxylic acids is 1. The minimum Gasteiger partial charge on any atom is -0.384 e. The first kappa shape index (κ1) is 26.1. The Morgan fingerprint density at radius 2 is 2.00 bits per heavy atom. The molecule has 0 radical (unpaired) electrons. The van der Waals surface area contributed by atoms with E-state index < -0.39 is 23.6 Å². The summed E-state index contributed by atoms with van der Waals surface area (Å²) in [5, 5.41) is 10.3. The van der Waals surface area contributed by atoms with E-state index >= 15 is 0 Å². The number of methoxy groups -OCH3 is 1. The van der Waals surface area contributed by atoms with Gasteiger partial charge in [-0.15, -0.1) is 0 Å². The zero-order valence-electron chi connectivity index (χ0n) is 20.9. The molecule has 13 heteroatoms. The van der Waals surface area contributed by atoms with E-state index in [9.17, 15) is 22.4 Å². The van der Waals surface area contributed by atoms with Crippen molar-refractivity contribution in [2.24, 2.45) is 0 Å². The van der Waals surface area contributed by atoms with E-state index in [1.54, 1.807) is 6.07 Å². The number of nitrogens with one attached hydrogen (secondary N) is 3. The number of benzene rings is 1. The van der Waals surface area contributed by atoms with E-state index in [2.05, 4.69) is 30.7 Å². The molecule has 0 bridgehead atoms. The Labute approximate surface area is 219 Å². The number of halogens is 4. The number of ether oxygens (including phenoxy) is 1. The summed E-state index contributed by atoms with van der Waals surface area (Å²) in [5.41, 5.74) is 1.42. The predicted octanol–water partition coefficient (Wildman–Crippen LogP) is 4.93. The molecule has 4 aromatic heterocycles. The highest BCUT2D eigenvalue weighted by molar-refractivity contribution is 6.15. The summed E-state index contributed by atoms with van der Waals surface area (Å²) in [5.74, 6) is -0.941. The first-order chi connectivity index (χ1) is 18.7. The van der Waals surface area contributed by atoms with Crippen LogP contribution in [0.25, 0.3) is 38.8 Å². The van der Waals surface area contributed by atoms with Gasteiger partial charge in [-0.3, -0.25) is 9.78 Å². The summed E-state index contributed by atoms with van der Waals surface area (Å²) in [6.07, 6.45) is 0.792. The number of aromatic amines is 1. The monoisotopic (exact) mass is 541 g/mol. The van der Waals surface area contributed by atoms with Gasteiger partial charge < -0.3 is 20.4 Å². The number of fused-ring (bicyclic) bond motifs is 3. The molecule has 4 heterocycles. The lowest BCUT2D eigenvalue weighted by Crippen LogP contribution is -2.27. The number of nitrogens with zero attached hydrogens (tertiary/aromatic N) is 4. The van der Waals surface area contributed by atoms with Crippen LogP contribution in [0.5, 0.6) is 0 Å². The largest absolute Gasteiger partial charge is 0.435 e. The predicted molar refractivity (Wildman–Crippen MR) is 137 cm³/mol. The number of H-pyrrole nitrogens is 1.